The largest absolute Gasteiger partial charge is 0.445 e. The Kier molecular flexibility index (Phi) is 9.28. The van der Waals surface area contributed by atoms with Crippen LogP contribution in [0.3, 0.4) is 0 Å². The maximum absolute atomic E-state index is 13.8. The third-order valence-corrected chi connectivity index (χ3v) is 7.83. The molecule has 4 N–H and O–H groups in total. The van der Waals surface area contributed by atoms with Crippen molar-refractivity contribution >= 4 is 29.3 Å². The molecule has 3 amide bonds. The molecule has 13 heteroatoms. The van der Waals surface area contributed by atoms with E-state index in [9.17, 15) is 22.8 Å². The lowest BCUT2D eigenvalue weighted by Gasteiger charge is -2.37. The Hall–Kier alpha value is -5.85. The summed E-state index contributed by atoms with van der Waals surface area (Å²) in [6, 6.07) is 23.5. The Labute approximate surface area is 273 Å². The van der Waals surface area contributed by atoms with Gasteiger partial charge in [0.2, 0.25) is 5.89 Å². The second-order valence-electron chi connectivity index (χ2n) is 11.2. The lowest BCUT2D eigenvalue weighted by atomic mass is 9.91. The summed E-state index contributed by atoms with van der Waals surface area (Å²) in [4.78, 5) is 36.1. The predicted molar refractivity (Wildman–Crippen MR) is 174 cm³/mol. The molecular weight excluding hydrogens is 625 g/mol. The zero-order valence-corrected chi connectivity index (χ0v) is 25.5. The fourth-order valence-corrected chi connectivity index (χ4v) is 5.13. The van der Waals surface area contributed by atoms with Crippen LogP contribution in [0.2, 0.25) is 0 Å². The molecule has 48 heavy (non-hydrogen) atoms. The number of nitrogens with two attached hydrogens (primary N) is 1. The summed E-state index contributed by atoms with van der Waals surface area (Å²) in [5.41, 5.74) is 8.14. The van der Waals surface area contributed by atoms with Crippen LogP contribution < -0.4 is 21.3 Å². The summed E-state index contributed by atoms with van der Waals surface area (Å²) in [5.74, 6) is 0.837. The minimum Gasteiger partial charge on any atom is -0.445 e. The van der Waals surface area contributed by atoms with Crippen LogP contribution in [-0.2, 0) is 24.1 Å². The van der Waals surface area contributed by atoms with Gasteiger partial charge in [0.25, 0.3) is 0 Å². The number of benzene rings is 3. The van der Waals surface area contributed by atoms with Crippen molar-refractivity contribution in [1.82, 2.24) is 15.3 Å². The third kappa shape index (κ3) is 7.57. The molecule has 0 bridgehead atoms. The number of alkyl halides is 3. The van der Waals surface area contributed by atoms with Gasteiger partial charge in [-0.3, -0.25) is 4.90 Å². The van der Waals surface area contributed by atoms with Crippen molar-refractivity contribution in [2.24, 2.45) is 0 Å². The van der Waals surface area contributed by atoms with Crippen molar-refractivity contribution in [2.75, 3.05) is 16.0 Å². The number of oxazole rings is 1. The number of anilines is 3. The molecule has 246 valence electrons. The molecule has 0 saturated heterocycles. The van der Waals surface area contributed by atoms with Crippen molar-refractivity contribution in [2.45, 2.75) is 44.6 Å². The standard InChI is InChI=1S/C35H31F3N6O4/c36-35(37,38)25-11-4-9-23(17-25)29-16-15-28(39)32(43-29)44(27-13-6-14-27)33(45)42-26-12-5-10-24(18-26)30-19-40-31(48-30)20-41-34(46)47-21-22-7-2-1-3-8-22/h1-5,7-12,15-19,27H,6,13-14,20-21,39H2,(H,41,46)(H,42,45). The molecule has 1 aliphatic carbocycles. The number of amides is 3. The molecule has 0 unspecified atom stereocenters. The average molecular weight is 657 g/mol. The van der Waals surface area contributed by atoms with E-state index in [1.165, 1.54) is 35.4 Å². The summed E-state index contributed by atoms with van der Waals surface area (Å²) in [6.45, 7) is 0.137. The van der Waals surface area contributed by atoms with E-state index in [-0.39, 0.29) is 47.8 Å². The molecular formula is C35H31F3N6O4. The highest BCUT2D eigenvalue weighted by Gasteiger charge is 2.33. The highest BCUT2D eigenvalue weighted by atomic mass is 19.4. The minimum atomic E-state index is -4.51. The van der Waals surface area contributed by atoms with E-state index >= 15 is 0 Å². The molecule has 1 aliphatic rings. The molecule has 5 aromatic rings. The van der Waals surface area contributed by atoms with E-state index in [0.29, 0.717) is 17.0 Å². The molecule has 0 atom stereocenters. The topological polar surface area (TPSA) is 136 Å². The van der Waals surface area contributed by atoms with E-state index in [0.717, 1.165) is 37.0 Å². The number of carbonyl (C=O) groups is 2. The van der Waals surface area contributed by atoms with E-state index in [1.807, 2.05) is 30.3 Å². The number of urea groups is 1. The molecule has 10 nitrogen and oxygen atoms in total. The summed E-state index contributed by atoms with van der Waals surface area (Å²) in [6.07, 6.45) is -1.27. The normalized spacial score (nSPS) is 13.0. The van der Waals surface area contributed by atoms with Gasteiger partial charge in [0.15, 0.2) is 11.6 Å². The quantitative estimate of drug-likeness (QED) is 0.146. The second-order valence-corrected chi connectivity index (χ2v) is 11.2. The van der Waals surface area contributed by atoms with E-state index in [4.69, 9.17) is 14.9 Å². The van der Waals surface area contributed by atoms with Gasteiger partial charge < -0.3 is 25.5 Å². The van der Waals surface area contributed by atoms with E-state index in [2.05, 4.69) is 20.6 Å². The second kappa shape index (κ2) is 13.9. The van der Waals surface area contributed by atoms with Crippen LogP contribution in [0.15, 0.2) is 102 Å². The number of hydrogen-bond donors (Lipinski definition) is 3. The van der Waals surface area contributed by atoms with Crippen molar-refractivity contribution < 1.29 is 31.9 Å². The van der Waals surface area contributed by atoms with Gasteiger partial charge in [-0.2, -0.15) is 13.2 Å². The number of nitrogen functional groups attached to an aromatic ring is 1. The number of rotatable bonds is 9. The number of pyridine rings is 1. The molecule has 6 rings (SSSR count). The molecule has 0 spiro atoms. The van der Waals surface area contributed by atoms with E-state index < -0.39 is 23.9 Å². The van der Waals surface area contributed by atoms with Gasteiger partial charge in [-0.25, -0.2) is 19.6 Å². The smallest absolute Gasteiger partial charge is 0.416 e. The number of ether oxygens (including phenoxy) is 1. The molecule has 2 heterocycles. The maximum Gasteiger partial charge on any atom is 0.416 e. The molecule has 1 saturated carbocycles. The van der Waals surface area contributed by atoms with Crippen molar-refractivity contribution in [3.05, 3.63) is 114 Å². The third-order valence-electron chi connectivity index (χ3n) is 7.83. The van der Waals surface area contributed by atoms with Gasteiger partial charge in [0, 0.05) is 22.9 Å². The Balaban J connectivity index is 1.14. The first kappa shape index (κ1) is 32.1. The fraction of sp³-hybridized carbons (Fsp3) is 0.200. The lowest BCUT2D eigenvalue weighted by molar-refractivity contribution is -0.137. The van der Waals surface area contributed by atoms with Gasteiger partial charge in [-0.05, 0) is 61.2 Å². The minimum absolute atomic E-state index is 0.00832. The van der Waals surface area contributed by atoms with Crippen molar-refractivity contribution in [3.8, 4) is 22.6 Å². The molecule has 3 aromatic carbocycles. The Morgan fingerprint density at radius 1 is 0.958 bits per heavy atom. The van der Waals surface area contributed by atoms with Crippen LogP contribution in [0.4, 0.5) is 40.0 Å². The van der Waals surface area contributed by atoms with Crippen LogP contribution in [0.1, 0.15) is 36.3 Å². The number of carbonyl (C=O) groups excluding carboxylic acids is 2. The van der Waals surface area contributed by atoms with Crippen molar-refractivity contribution in [3.63, 3.8) is 0 Å². The fourth-order valence-electron chi connectivity index (χ4n) is 5.13. The van der Waals surface area contributed by atoms with Crippen LogP contribution in [-0.4, -0.2) is 28.1 Å². The summed E-state index contributed by atoms with van der Waals surface area (Å²) >= 11 is 0. The predicted octanol–water partition coefficient (Wildman–Crippen LogP) is 8.02. The Bertz CT molecular complexity index is 1910. The first-order chi connectivity index (χ1) is 23.1. The van der Waals surface area contributed by atoms with Gasteiger partial charge in [0.05, 0.1) is 29.7 Å². The van der Waals surface area contributed by atoms with Crippen LogP contribution in [0.25, 0.3) is 22.6 Å². The van der Waals surface area contributed by atoms with Gasteiger partial charge in [-0.15, -0.1) is 0 Å². The molecule has 2 aromatic heterocycles. The average Bonchev–Trinajstić information content (AvgIpc) is 3.54. The number of alkyl carbamates (subject to hydrolysis) is 1. The summed E-state index contributed by atoms with van der Waals surface area (Å²) in [7, 11) is 0. The first-order valence-electron chi connectivity index (χ1n) is 15.2. The molecule has 0 aliphatic heterocycles. The molecule has 0 radical (unpaired) electrons. The van der Waals surface area contributed by atoms with Crippen LogP contribution in [0, 0.1) is 0 Å². The number of hydrogen-bond acceptors (Lipinski definition) is 7. The van der Waals surface area contributed by atoms with Gasteiger partial charge in [0.1, 0.15) is 6.61 Å². The first-order valence-corrected chi connectivity index (χ1v) is 15.2. The summed E-state index contributed by atoms with van der Waals surface area (Å²) in [5, 5.41) is 5.50. The SMILES string of the molecule is Nc1ccc(-c2cccc(C(F)(F)F)c2)nc1N(C(=O)Nc1cccc(-c2cnc(CNC(=O)OCc3ccccc3)o2)c1)C1CCC1. The zero-order chi connectivity index (χ0) is 33.7. The van der Waals surface area contributed by atoms with E-state index in [1.54, 1.807) is 24.3 Å². The number of halogens is 3. The number of nitrogens with one attached hydrogen (secondary N) is 2. The van der Waals surface area contributed by atoms with Crippen LogP contribution in [0.5, 0.6) is 0 Å². The highest BCUT2D eigenvalue weighted by Crippen LogP contribution is 2.36. The Morgan fingerprint density at radius 3 is 2.48 bits per heavy atom. The van der Waals surface area contributed by atoms with Crippen molar-refractivity contribution in [1.29, 1.82) is 0 Å². The van der Waals surface area contributed by atoms with Crippen LogP contribution >= 0.6 is 0 Å². The Morgan fingerprint density at radius 2 is 1.73 bits per heavy atom. The molecule has 1 fully saturated rings. The number of aromatic nitrogens is 2. The maximum atomic E-state index is 13.8. The summed E-state index contributed by atoms with van der Waals surface area (Å²) < 4.78 is 51.2. The zero-order valence-electron chi connectivity index (χ0n) is 25.5. The van der Waals surface area contributed by atoms with Gasteiger partial charge in [-0.1, -0.05) is 54.6 Å². The van der Waals surface area contributed by atoms with Gasteiger partial charge >= 0.3 is 18.3 Å². The monoisotopic (exact) mass is 656 g/mol. The highest BCUT2D eigenvalue weighted by molar-refractivity contribution is 6.03. The number of nitrogens with zero attached hydrogens (tertiary/aromatic N) is 3. The lowest BCUT2D eigenvalue weighted by Crippen LogP contribution is -2.47.